The molecule has 140 valence electrons. The lowest BCUT2D eigenvalue weighted by atomic mass is 9.98. The molecule has 6 heteroatoms. The summed E-state index contributed by atoms with van der Waals surface area (Å²) >= 11 is 0. The first-order chi connectivity index (χ1) is 12.8. The number of fused-ring (bicyclic) bond motifs is 1. The lowest BCUT2D eigenvalue weighted by molar-refractivity contribution is -0.139. The number of aryl methyl sites for hydroxylation is 1. The highest BCUT2D eigenvalue weighted by atomic mass is 16.5. The fourth-order valence-corrected chi connectivity index (χ4v) is 2.88. The van der Waals surface area contributed by atoms with E-state index in [9.17, 15) is 9.59 Å². The van der Waals surface area contributed by atoms with Crippen molar-refractivity contribution in [3.63, 3.8) is 0 Å². The summed E-state index contributed by atoms with van der Waals surface area (Å²) in [7, 11) is 0. The van der Waals surface area contributed by atoms with Gasteiger partial charge in [-0.15, -0.1) is 0 Å². The number of carboxylic acid groups (broad SMARTS) is 1. The monoisotopic (exact) mass is 368 g/mol. The summed E-state index contributed by atoms with van der Waals surface area (Å²) in [5.41, 5.74) is 2.29. The normalized spacial score (nSPS) is 11.0. The van der Waals surface area contributed by atoms with Gasteiger partial charge in [-0.1, -0.05) is 19.9 Å². The molecule has 0 radical (unpaired) electrons. The standard InChI is InChI=1S/C21H20O6/c1-12(2)16-6-5-15(8-13(16)3)27-19-10-26-18-9-14(25-11-20(22)23)4-7-17(18)21(19)24/h4-10,12H,11H2,1-3H3,(H,22,23). The molecule has 0 amide bonds. The van der Waals surface area contributed by atoms with Gasteiger partial charge in [-0.3, -0.25) is 4.79 Å². The van der Waals surface area contributed by atoms with Crippen LogP contribution in [0.1, 0.15) is 30.9 Å². The Morgan fingerprint density at radius 1 is 1.15 bits per heavy atom. The number of carboxylic acids is 1. The predicted molar refractivity (Wildman–Crippen MR) is 101 cm³/mol. The zero-order valence-corrected chi connectivity index (χ0v) is 15.3. The molecule has 3 aromatic rings. The minimum absolute atomic E-state index is 0.0819. The van der Waals surface area contributed by atoms with Crippen LogP contribution in [0, 0.1) is 6.92 Å². The van der Waals surface area contributed by atoms with Crippen LogP contribution in [-0.4, -0.2) is 17.7 Å². The maximum atomic E-state index is 12.7. The zero-order valence-electron chi connectivity index (χ0n) is 15.3. The third-order valence-corrected chi connectivity index (χ3v) is 4.17. The number of aliphatic carboxylic acids is 1. The molecule has 0 spiro atoms. The Bertz CT molecular complexity index is 1050. The highest BCUT2D eigenvalue weighted by molar-refractivity contribution is 5.79. The van der Waals surface area contributed by atoms with Crippen molar-refractivity contribution in [3.8, 4) is 17.2 Å². The van der Waals surface area contributed by atoms with Crippen molar-refractivity contribution < 1.29 is 23.8 Å². The molecule has 3 rings (SSSR count). The number of benzene rings is 2. The average Bonchev–Trinajstić information content (AvgIpc) is 2.62. The summed E-state index contributed by atoms with van der Waals surface area (Å²) in [6.07, 6.45) is 1.25. The van der Waals surface area contributed by atoms with Crippen molar-refractivity contribution in [2.24, 2.45) is 0 Å². The van der Waals surface area contributed by atoms with Crippen LogP contribution < -0.4 is 14.9 Å². The first-order valence-electron chi connectivity index (χ1n) is 8.53. The number of hydrogen-bond donors (Lipinski definition) is 1. The molecule has 0 saturated carbocycles. The maximum absolute atomic E-state index is 12.7. The van der Waals surface area contributed by atoms with Crippen molar-refractivity contribution in [1.29, 1.82) is 0 Å². The fraction of sp³-hybridized carbons (Fsp3) is 0.238. The molecule has 1 heterocycles. The van der Waals surface area contributed by atoms with E-state index in [-0.39, 0.29) is 11.2 Å². The molecule has 0 bridgehead atoms. The smallest absolute Gasteiger partial charge is 0.341 e. The fourth-order valence-electron chi connectivity index (χ4n) is 2.88. The van der Waals surface area contributed by atoms with Crippen LogP contribution in [0.3, 0.4) is 0 Å². The Morgan fingerprint density at radius 2 is 1.89 bits per heavy atom. The molecular weight excluding hydrogens is 348 g/mol. The molecule has 1 aromatic heterocycles. The van der Waals surface area contributed by atoms with Gasteiger partial charge < -0.3 is 19.0 Å². The highest BCUT2D eigenvalue weighted by Crippen LogP contribution is 2.27. The molecule has 1 N–H and O–H groups in total. The minimum Gasteiger partial charge on any atom is -0.482 e. The number of rotatable bonds is 6. The summed E-state index contributed by atoms with van der Waals surface area (Å²) < 4.78 is 16.3. The molecule has 0 saturated heterocycles. The number of ether oxygens (including phenoxy) is 2. The summed E-state index contributed by atoms with van der Waals surface area (Å²) in [6, 6.07) is 10.2. The van der Waals surface area contributed by atoms with Crippen LogP contribution in [0.25, 0.3) is 11.0 Å². The summed E-state index contributed by atoms with van der Waals surface area (Å²) in [5, 5.41) is 8.99. The molecule has 0 atom stereocenters. The van der Waals surface area contributed by atoms with Crippen LogP contribution in [0.4, 0.5) is 0 Å². The zero-order chi connectivity index (χ0) is 19.6. The second-order valence-electron chi connectivity index (χ2n) is 6.54. The van der Waals surface area contributed by atoms with Crippen molar-refractivity contribution in [1.82, 2.24) is 0 Å². The van der Waals surface area contributed by atoms with Gasteiger partial charge >= 0.3 is 5.97 Å². The molecule has 2 aromatic carbocycles. The van der Waals surface area contributed by atoms with E-state index in [0.717, 1.165) is 5.56 Å². The minimum atomic E-state index is -1.08. The Morgan fingerprint density at radius 3 is 2.56 bits per heavy atom. The largest absolute Gasteiger partial charge is 0.482 e. The molecule has 6 nitrogen and oxygen atoms in total. The highest BCUT2D eigenvalue weighted by Gasteiger charge is 2.12. The van der Waals surface area contributed by atoms with Crippen molar-refractivity contribution in [2.75, 3.05) is 6.61 Å². The van der Waals surface area contributed by atoms with Crippen LogP contribution in [0.15, 0.2) is 51.9 Å². The second kappa shape index (κ2) is 7.53. The van der Waals surface area contributed by atoms with Crippen molar-refractivity contribution >= 4 is 16.9 Å². The lowest BCUT2D eigenvalue weighted by Crippen LogP contribution is -2.09. The molecule has 27 heavy (non-hydrogen) atoms. The topological polar surface area (TPSA) is 86.0 Å². The van der Waals surface area contributed by atoms with E-state index in [1.807, 2.05) is 25.1 Å². The van der Waals surface area contributed by atoms with E-state index in [2.05, 4.69) is 13.8 Å². The van der Waals surface area contributed by atoms with Crippen LogP contribution in [-0.2, 0) is 4.79 Å². The van der Waals surface area contributed by atoms with E-state index in [0.29, 0.717) is 28.4 Å². The molecule has 0 unspecified atom stereocenters. The van der Waals surface area contributed by atoms with E-state index < -0.39 is 12.6 Å². The number of carbonyl (C=O) groups is 1. The molecule has 0 fully saturated rings. The predicted octanol–water partition coefficient (Wildman–Crippen LogP) is 4.48. The van der Waals surface area contributed by atoms with Gasteiger partial charge in [0.25, 0.3) is 0 Å². The third kappa shape index (κ3) is 4.11. The molecule has 0 aliphatic carbocycles. The Hall–Kier alpha value is -3.28. The van der Waals surface area contributed by atoms with Crippen molar-refractivity contribution in [2.45, 2.75) is 26.7 Å². The Kier molecular flexibility index (Phi) is 5.16. The molecule has 0 aliphatic heterocycles. The average molecular weight is 368 g/mol. The van der Waals surface area contributed by atoms with E-state index >= 15 is 0 Å². The molecular formula is C21H20O6. The molecule has 0 aliphatic rings. The van der Waals surface area contributed by atoms with Gasteiger partial charge in [-0.05, 0) is 48.2 Å². The van der Waals surface area contributed by atoms with Crippen LogP contribution in [0.2, 0.25) is 0 Å². The Labute approximate surface area is 156 Å². The van der Waals surface area contributed by atoms with Crippen LogP contribution >= 0.6 is 0 Å². The number of hydrogen-bond acceptors (Lipinski definition) is 5. The van der Waals surface area contributed by atoms with Gasteiger partial charge in [0.15, 0.2) is 6.61 Å². The van der Waals surface area contributed by atoms with E-state index in [1.54, 1.807) is 0 Å². The summed E-state index contributed by atoms with van der Waals surface area (Å²) in [6.45, 7) is 5.77. The second-order valence-corrected chi connectivity index (χ2v) is 6.54. The van der Waals surface area contributed by atoms with Gasteiger partial charge in [-0.25, -0.2) is 4.79 Å². The lowest BCUT2D eigenvalue weighted by Gasteiger charge is -2.12. The SMILES string of the molecule is Cc1cc(Oc2coc3cc(OCC(=O)O)ccc3c2=O)ccc1C(C)C. The van der Waals surface area contributed by atoms with Gasteiger partial charge in [0.05, 0.1) is 5.39 Å². The summed E-state index contributed by atoms with van der Waals surface area (Å²) in [4.78, 5) is 23.2. The van der Waals surface area contributed by atoms with E-state index in [4.69, 9.17) is 19.0 Å². The third-order valence-electron chi connectivity index (χ3n) is 4.17. The first kappa shape index (κ1) is 18.5. The summed E-state index contributed by atoms with van der Waals surface area (Å²) in [5.74, 6) is 0.270. The van der Waals surface area contributed by atoms with Crippen molar-refractivity contribution in [3.05, 3.63) is 64.0 Å². The van der Waals surface area contributed by atoms with Crippen LogP contribution in [0.5, 0.6) is 17.2 Å². The van der Waals surface area contributed by atoms with Gasteiger partial charge in [0.1, 0.15) is 23.3 Å². The van der Waals surface area contributed by atoms with Gasteiger partial charge in [-0.2, -0.15) is 0 Å². The van der Waals surface area contributed by atoms with Gasteiger partial charge in [0.2, 0.25) is 11.2 Å². The van der Waals surface area contributed by atoms with Gasteiger partial charge in [0, 0.05) is 6.07 Å². The van der Waals surface area contributed by atoms with E-state index in [1.165, 1.54) is 30.0 Å². The first-order valence-corrected chi connectivity index (χ1v) is 8.53. The Balaban J connectivity index is 1.89. The maximum Gasteiger partial charge on any atom is 0.341 e. The quantitative estimate of drug-likeness (QED) is 0.690.